The minimum Gasteiger partial charge on any atom is -0.330 e. The molecule has 2 rings (SSSR count). The van der Waals surface area contributed by atoms with Gasteiger partial charge in [0.25, 0.3) is 5.56 Å². The molecule has 3 nitrogen and oxygen atoms in total. The van der Waals surface area contributed by atoms with Crippen LogP contribution in [0.2, 0.25) is 0 Å². The topological polar surface area (TPSA) is 58.9 Å². The molecule has 90 valence electrons. The van der Waals surface area contributed by atoms with E-state index in [1.165, 1.54) is 5.56 Å². The molecule has 0 radical (unpaired) electrons. The molecule has 0 aliphatic carbocycles. The fraction of sp³-hybridized carbons (Fsp3) is 0.357. The van der Waals surface area contributed by atoms with Gasteiger partial charge in [-0.1, -0.05) is 11.6 Å². The Labute approximate surface area is 101 Å². The summed E-state index contributed by atoms with van der Waals surface area (Å²) in [6.45, 7) is 2.74. The first kappa shape index (κ1) is 11.9. The lowest BCUT2D eigenvalue weighted by molar-refractivity contribution is 0.740. The minimum absolute atomic E-state index is 0.0263. The van der Waals surface area contributed by atoms with Crippen molar-refractivity contribution in [2.45, 2.75) is 26.2 Å². The van der Waals surface area contributed by atoms with Gasteiger partial charge in [0.1, 0.15) is 0 Å². The number of aromatic nitrogens is 1. The van der Waals surface area contributed by atoms with Crippen molar-refractivity contribution in [3.63, 3.8) is 0 Å². The van der Waals surface area contributed by atoms with Gasteiger partial charge in [0, 0.05) is 11.1 Å². The average Bonchev–Trinajstić information content (AvgIpc) is 2.31. The molecule has 1 aromatic heterocycles. The highest BCUT2D eigenvalue weighted by atomic mass is 16.1. The van der Waals surface area contributed by atoms with E-state index in [2.05, 4.69) is 18.0 Å². The van der Waals surface area contributed by atoms with Crippen LogP contribution in [0.1, 0.15) is 24.0 Å². The molecule has 3 heteroatoms. The van der Waals surface area contributed by atoms with Gasteiger partial charge in [-0.25, -0.2) is 0 Å². The number of hydrogen-bond acceptors (Lipinski definition) is 2. The Balaban J connectivity index is 2.36. The number of nitrogens with two attached hydrogens (primary N) is 1. The van der Waals surface area contributed by atoms with E-state index in [9.17, 15) is 4.79 Å². The second-order valence-electron chi connectivity index (χ2n) is 4.46. The van der Waals surface area contributed by atoms with Crippen LogP contribution >= 0.6 is 0 Å². The highest BCUT2D eigenvalue weighted by molar-refractivity contribution is 5.79. The van der Waals surface area contributed by atoms with E-state index in [0.717, 1.165) is 35.7 Å². The Kier molecular flexibility index (Phi) is 3.59. The van der Waals surface area contributed by atoms with Gasteiger partial charge in [-0.3, -0.25) is 4.79 Å². The Bertz CT molecular complexity index is 572. The van der Waals surface area contributed by atoms with Gasteiger partial charge in [0.2, 0.25) is 0 Å². The van der Waals surface area contributed by atoms with Crippen molar-refractivity contribution in [2.75, 3.05) is 6.54 Å². The van der Waals surface area contributed by atoms with E-state index in [1.807, 2.05) is 18.2 Å². The summed E-state index contributed by atoms with van der Waals surface area (Å²) in [6, 6.07) is 8.05. The molecule has 1 aromatic carbocycles. The van der Waals surface area contributed by atoms with E-state index in [0.29, 0.717) is 6.54 Å². The molecule has 0 bridgehead atoms. The molecule has 1 heterocycles. The molecule has 0 unspecified atom stereocenters. The lowest BCUT2D eigenvalue weighted by Crippen LogP contribution is -2.12. The largest absolute Gasteiger partial charge is 0.330 e. The van der Waals surface area contributed by atoms with Crippen molar-refractivity contribution in [2.24, 2.45) is 5.73 Å². The standard InChI is InChI=1S/C14H18N2O/c1-10-5-6-13-12(8-10)9-11(14(17)16-13)4-2-3-7-15/h5-6,8-9H,2-4,7,15H2,1H3,(H,16,17). The molecule has 0 atom stereocenters. The van der Waals surface area contributed by atoms with Crippen LogP contribution in [0.5, 0.6) is 0 Å². The molecule has 0 saturated heterocycles. The van der Waals surface area contributed by atoms with Gasteiger partial charge in [-0.2, -0.15) is 0 Å². The fourth-order valence-corrected chi connectivity index (χ4v) is 2.02. The third-order valence-electron chi connectivity index (χ3n) is 2.98. The quantitative estimate of drug-likeness (QED) is 0.790. The van der Waals surface area contributed by atoms with E-state index >= 15 is 0 Å². The summed E-state index contributed by atoms with van der Waals surface area (Å²) in [7, 11) is 0. The van der Waals surface area contributed by atoms with Crippen molar-refractivity contribution < 1.29 is 0 Å². The van der Waals surface area contributed by atoms with E-state index in [1.54, 1.807) is 0 Å². The molecular formula is C14H18N2O. The van der Waals surface area contributed by atoms with E-state index in [-0.39, 0.29) is 5.56 Å². The van der Waals surface area contributed by atoms with Crippen molar-refractivity contribution in [3.8, 4) is 0 Å². The number of fused-ring (bicyclic) bond motifs is 1. The van der Waals surface area contributed by atoms with Crippen molar-refractivity contribution in [1.29, 1.82) is 0 Å². The number of hydrogen-bond donors (Lipinski definition) is 2. The highest BCUT2D eigenvalue weighted by Crippen LogP contribution is 2.14. The van der Waals surface area contributed by atoms with Crippen molar-refractivity contribution >= 4 is 10.9 Å². The number of aryl methyl sites for hydroxylation is 2. The second kappa shape index (κ2) is 5.15. The Morgan fingerprint density at radius 2 is 2.06 bits per heavy atom. The third-order valence-corrected chi connectivity index (χ3v) is 2.98. The molecule has 0 spiro atoms. The molecule has 0 fully saturated rings. The molecule has 17 heavy (non-hydrogen) atoms. The number of benzene rings is 1. The van der Waals surface area contributed by atoms with Gasteiger partial charge >= 0.3 is 0 Å². The predicted molar refractivity (Wildman–Crippen MR) is 71.3 cm³/mol. The molecule has 0 aliphatic rings. The summed E-state index contributed by atoms with van der Waals surface area (Å²) in [4.78, 5) is 14.8. The summed E-state index contributed by atoms with van der Waals surface area (Å²) >= 11 is 0. The Hall–Kier alpha value is -1.61. The maximum atomic E-state index is 11.8. The summed E-state index contributed by atoms with van der Waals surface area (Å²) in [5.41, 5.74) is 8.45. The minimum atomic E-state index is 0.0263. The van der Waals surface area contributed by atoms with E-state index in [4.69, 9.17) is 5.73 Å². The molecular weight excluding hydrogens is 212 g/mol. The summed E-state index contributed by atoms with van der Waals surface area (Å²) in [6.07, 6.45) is 2.73. The monoisotopic (exact) mass is 230 g/mol. The maximum absolute atomic E-state index is 11.8. The Morgan fingerprint density at radius 3 is 2.82 bits per heavy atom. The Morgan fingerprint density at radius 1 is 1.24 bits per heavy atom. The number of nitrogens with one attached hydrogen (secondary N) is 1. The fourth-order valence-electron chi connectivity index (χ4n) is 2.02. The first-order valence-corrected chi connectivity index (χ1v) is 6.03. The van der Waals surface area contributed by atoms with Gasteiger partial charge in [0.05, 0.1) is 0 Å². The van der Waals surface area contributed by atoms with Crippen LogP contribution in [-0.4, -0.2) is 11.5 Å². The zero-order valence-electron chi connectivity index (χ0n) is 10.1. The molecule has 0 aliphatic heterocycles. The van der Waals surface area contributed by atoms with Crippen LogP contribution in [0.25, 0.3) is 10.9 Å². The third kappa shape index (κ3) is 2.74. The summed E-state index contributed by atoms with van der Waals surface area (Å²) in [5.74, 6) is 0. The molecule has 3 N–H and O–H groups in total. The van der Waals surface area contributed by atoms with Crippen LogP contribution < -0.4 is 11.3 Å². The van der Waals surface area contributed by atoms with Gasteiger partial charge in [0.15, 0.2) is 0 Å². The second-order valence-corrected chi connectivity index (χ2v) is 4.46. The number of unbranched alkanes of at least 4 members (excludes halogenated alkanes) is 1. The van der Waals surface area contributed by atoms with Gasteiger partial charge in [-0.15, -0.1) is 0 Å². The average molecular weight is 230 g/mol. The van der Waals surface area contributed by atoms with E-state index < -0.39 is 0 Å². The van der Waals surface area contributed by atoms with Crippen LogP contribution in [0.4, 0.5) is 0 Å². The van der Waals surface area contributed by atoms with Gasteiger partial charge < -0.3 is 10.7 Å². The lowest BCUT2D eigenvalue weighted by Gasteiger charge is -2.04. The molecule has 0 amide bonds. The molecule has 2 aromatic rings. The zero-order chi connectivity index (χ0) is 12.3. The first-order chi connectivity index (χ1) is 8.20. The van der Waals surface area contributed by atoms with Crippen molar-refractivity contribution in [3.05, 3.63) is 45.7 Å². The van der Waals surface area contributed by atoms with Gasteiger partial charge in [-0.05, 0) is 56.3 Å². The smallest absolute Gasteiger partial charge is 0.251 e. The summed E-state index contributed by atoms with van der Waals surface area (Å²) in [5, 5.41) is 1.10. The van der Waals surface area contributed by atoms with Crippen LogP contribution in [0, 0.1) is 6.92 Å². The van der Waals surface area contributed by atoms with Crippen LogP contribution in [0.15, 0.2) is 29.1 Å². The normalized spacial score (nSPS) is 10.9. The highest BCUT2D eigenvalue weighted by Gasteiger charge is 2.02. The van der Waals surface area contributed by atoms with Crippen molar-refractivity contribution in [1.82, 2.24) is 4.98 Å². The number of pyridine rings is 1. The number of rotatable bonds is 4. The van der Waals surface area contributed by atoms with Crippen LogP contribution in [-0.2, 0) is 6.42 Å². The SMILES string of the molecule is Cc1ccc2[nH]c(=O)c(CCCCN)cc2c1. The summed E-state index contributed by atoms with van der Waals surface area (Å²) < 4.78 is 0. The van der Waals surface area contributed by atoms with Crippen LogP contribution in [0.3, 0.4) is 0 Å². The maximum Gasteiger partial charge on any atom is 0.251 e. The first-order valence-electron chi connectivity index (χ1n) is 6.03. The number of aromatic amines is 1. The lowest BCUT2D eigenvalue weighted by atomic mass is 10.1. The number of H-pyrrole nitrogens is 1. The predicted octanol–water partition coefficient (Wildman–Crippen LogP) is 2.12. The molecule has 0 saturated carbocycles. The zero-order valence-corrected chi connectivity index (χ0v) is 10.1.